The zero-order valence-corrected chi connectivity index (χ0v) is 11.5. The molecule has 1 amide bonds. The predicted molar refractivity (Wildman–Crippen MR) is 68.9 cm³/mol. The molecule has 0 saturated heterocycles. The molecular formula is C12H17BrN2O. The Kier molecular flexibility index (Phi) is 4.47. The van der Waals surface area contributed by atoms with Crippen LogP contribution in [0.2, 0.25) is 0 Å². The van der Waals surface area contributed by atoms with Gasteiger partial charge in [-0.25, -0.2) is 0 Å². The molecule has 1 atom stereocenters. The fourth-order valence-electron chi connectivity index (χ4n) is 1.16. The second-order valence-electron chi connectivity index (χ2n) is 4.19. The van der Waals surface area contributed by atoms with E-state index in [1.807, 2.05) is 19.9 Å². The van der Waals surface area contributed by atoms with Crippen LogP contribution in [0.1, 0.15) is 36.3 Å². The third-order valence-corrected chi connectivity index (χ3v) is 3.90. The van der Waals surface area contributed by atoms with Crippen LogP contribution in [0.5, 0.6) is 0 Å². The first-order valence-corrected chi connectivity index (χ1v) is 6.44. The number of rotatable bonds is 4. The van der Waals surface area contributed by atoms with E-state index in [9.17, 15) is 4.79 Å². The minimum atomic E-state index is -0.206. The van der Waals surface area contributed by atoms with Gasteiger partial charge in [0.2, 0.25) is 0 Å². The Bertz CT molecular complexity index is 358. The van der Waals surface area contributed by atoms with Gasteiger partial charge in [-0.3, -0.25) is 9.78 Å². The molecule has 3 nitrogen and oxygen atoms in total. The van der Waals surface area contributed by atoms with E-state index >= 15 is 0 Å². The van der Waals surface area contributed by atoms with Gasteiger partial charge >= 0.3 is 0 Å². The first kappa shape index (κ1) is 13.2. The van der Waals surface area contributed by atoms with Crippen LogP contribution >= 0.6 is 15.9 Å². The standard InChI is InChI=1S/C12H17BrN2O/c1-4-12(3,8-13)15-11(16)10-6-5-9(2)14-7-10/h5-7H,4,8H2,1-3H3,(H,15,16). The summed E-state index contributed by atoms with van der Waals surface area (Å²) >= 11 is 3.41. The van der Waals surface area contributed by atoms with Crippen LogP contribution in [0.3, 0.4) is 0 Å². The normalized spacial score (nSPS) is 14.2. The highest BCUT2D eigenvalue weighted by atomic mass is 79.9. The molecule has 0 saturated carbocycles. The number of amides is 1. The molecule has 0 fully saturated rings. The fraction of sp³-hybridized carbons (Fsp3) is 0.500. The van der Waals surface area contributed by atoms with Gasteiger partial charge in [-0.1, -0.05) is 22.9 Å². The number of hydrogen-bond donors (Lipinski definition) is 1. The number of alkyl halides is 1. The van der Waals surface area contributed by atoms with E-state index in [1.165, 1.54) is 0 Å². The second-order valence-corrected chi connectivity index (χ2v) is 4.75. The number of nitrogens with zero attached hydrogens (tertiary/aromatic N) is 1. The van der Waals surface area contributed by atoms with E-state index in [0.29, 0.717) is 5.56 Å². The summed E-state index contributed by atoms with van der Waals surface area (Å²) in [7, 11) is 0. The van der Waals surface area contributed by atoms with Crippen LogP contribution in [-0.2, 0) is 0 Å². The van der Waals surface area contributed by atoms with Crippen molar-refractivity contribution in [1.82, 2.24) is 10.3 Å². The molecular weight excluding hydrogens is 268 g/mol. The van der Waals surface area contributed by atoms with Gasteiger partial charge in [0.1, 0.15) is 0 Å². The van der Waals surface area contributed by atoms with Crippen LogP contribution in [0.15, 0.2) is 18.3 Å². The molecule has 88 valence electrons. The van der Waals surface area contributed by atoms with E-state index in [4.69, 9.17) is 0 Å². The van der Waals surface area contributed by atoms with Gasteiger partial charge in [0, 0.05) is 22.8 Å². The summed E-state index contributed by atoms with van der Waals surface area (Å²) in [5.74, 6) is -0.0729. The Hall–Kier alpha value is -0.900. The Morgan fingerprint density at radius 1 is 1.56 bits per heavy atom. The van der Waals surface area contributed by atoms with Gasteiger partial charge in [0.25, 0.3) is 5.91 Å². The Morgan fingerprint density at radius 3 is 2.69 bits per heavy atom. The summed E-state index contributed by atoms with van der Waals surface area (Å²) in [6.45, 7) is 5.96. The number of pyridine rings is 1. The predicted octanol–water partition coefficient (Wildman–Crippen LogP) is 2.68. The van der Waals surface area contributed by atoms with Crippen molar-refractivity contribution in [2.24, 2.45) is 0 Å². The molecule has 0 aliphatic heterocycles. The highest BCUT2D eigenvalue weighted by Crippen LogP contribution is 2.13. The van der Waals surface area contributed by atoms with Gasteiger partial charge in [-0.05, 0) is 32.4 Å². The average Bonchev–Trinajstić information content (AvgIpc) is 2.29. The SMILES string of the molecule is CCC(C)(CBr)NC(=O)c1ccc(C)nc1. The molecule has 0 aromatic carbocycles. The van der Waals surface area contributed by atoms with Crippen molar-refractivity contribution in [1.29, 1.82) is 0 Å². The maximum absolute atomic E-state index is 11.9. The molecule has 0 aliphatic rings. The summed E-state index contributed by atoms with van der Waals surface area (Å²) in [6, 6.07) is 3.63. The Labute approximate surface area is 105 Å². The highest BCUT2D eigenvalue weighted by molar-refractivity contribution is 9.09. The topological polar surface area (TPSA) is 42.0 Å². The Balaban J connectivity index is 2.76. The fourth-order valence-corrected chi connectivity index (χ4v) is 1.70. The lowest BCUT2D eigenvalue weighted by Crippen LogP contribution is -2.46. The van der Waals surface area contributed by atoms with Crippen molar-refractivity contribution in [3.05, 3.63) is 29.6 Å². The molecule has 0 spiro atoms. The van der Waals surface area contributed by atoms with Gasteiger partial charge in [0.05, 0.1) is 5.56 Å². The zero-order valence-electron chi connectivity index (χ0n) is 9.88. The lowest BCUT2D eigenvalue weighted by atomic mass is 10.0. The molecule has 0 radical (unpaired) electrons. The van der Waals surface area contributed by atoms with E-state index in [0.717, 1.165) is 17.4 Å². The number of carbonyl (C=O) groups excluding carboxylic acids is 1. The third-order valence-electron chi connectivity index (χ3n) is 2.66. The number of hydrogen-bond acceptors (Lipinski definition) is 2. The summed E-state index contributed by atoms with van der Waals surface area (Å²) in [4.78, 5) is 16.0. The smallest absolute Gasteiger partial charge is 0.253 e. The molecule has 16 heavy (non-hydrogen) atoms. The second kappa shape index (κ2) is 5.43. The maximum atomic E-state index is 11.9. The summed E-state index contributed by atoms with van der Waals surface area (Å²) in [5, 5.41) is 3.74. The summed E-state index contributed by atoms with van der Waals surface area (Å²) < 4.78 is 0. The molecule has 1 unspecified atom stereocenters. The number of carbonyl (C=O) groups is 1. The van der Waals surface area contributed by atoms with Crippen LogP contribution < -0.4 is 5.32 Å². The first-order chi connectivity index (χ1) is 7.50. The summed E-state index contributed by atoms with van der Waals surface area (Å²) in [6.07, 6.45) is 2.48. The van der Waals surface area contributed by atoms with E-state index < -0.39 is 0 Å². The summed E-state index contributed by atoms with van der Waals surface area (Å²) in [5.41, 5.74) is 1.31. The molecule has 1 aromatic heterocycles. The van der Waals surface area contributed by atoms with Crippen molar-refractivity contribution in [2.75, 3.05) is 5.33 Å². The van der Waals surface area contributed by atoms with Crippen LogP contribution in [-0.4, -0.2) is 21.8 Å². The number of halogens is 1. The minimum absolute atomic E-state index is 0.0729. The molecule has 1 heterocycles. The quantitative estimate of drug-likeness (QED) is 0.864. The molecule has 0 bridgehead atoms. The molecule has 1 N–H and O–H groups in total. The number of aryl methyl sites for hydroxylation is 1. The minimum Gasteiger partial charge on any atom is -0.346 e. The van der Waals surface area contributed by atoms with Gasteiger partial charge < -0.3 is 5.32 Å². The van der Waals surface area contributed by atoms with Crippen molar-refractivity contribution >= 4 is 21.8 Å². The maximum Gasteiger partial charge on any atom is 0.253 e. The van der Waals surface area contributed by atoms with Crippen molar-refractivity contribution < 1.29 is 4.79 Å². The first-order valence-electron chi connectivity index (χ1n) is 5.32. The number of aromatic nitrogens is 1. The molecule has 1 rings (SSSR count). The Morgan fingerprint density at radius 2 is 2.25 bits per heavy atom. The van der Waals surface area contributed by atoms with E-state index in [1.54, 1.807) is 12.3 Å². The monoisotopic (exact) mass is 284 g/mol. The molecule has 0 aliphatic carbocycles. The van der Waals surface area contributed by atoms with E-state index in [2.05, 4.69) is 33.2 Å². The van der Waals surface area contributed by atoms with Crippen molar-refractivity contribution in [3.63, 3.8) is 0 Å². The van der Waals surface area contributed by atoms with Gasteiger partial charge in [-0.2, -0.15) is 0 Å². The zero-order chi connectivity index (χ0) is 12.2. The third kappa shape index (κ3) is 3.30. The van der Waals surface area contributed by atoms with E-state index in [-0.39, 0.29) is 11.4 Å². The number of nitrogens with one attached hydrogen (secondary N) is 1. The lowest BCUT2D eigenvalue weighted by Gasteiger charge is -2.27. The largest absolute Gasteiger partial charge is 0.346 e. The molecule has 1 aromatic rings. The van der Waals surface area contributed by atoms with Crippen LogP contribution in [0.4, 0.5) is 0 Å². The van der Waals surface area contributed by atoms with Gasteiger partial charge in [0.15, 0.2) is 0 Å². The average molecular weight is 285 g/mol. The lowest BCUT2D eigenvalue weighted by molar-refractivity contribution is 0.0913. The highest BCUT2D eigenvalue weighted by Gasteiger charge is 2.23. The van der Waals surface area contributed by atoms with Crippen molar-refractivity contribution in [2.45, 2.75) is 32.7 Å². The van der Waals surface area contributed by atoms with Crippen molar-refractivity contribution in [3.8, 4) is 0 Å². The molecule has 4 heteroatoms. The van der Waals surface area contributed by atoms with Crippen LogP contribution in [0, 0.1) is 6.92 Å². The van der Waals surface area contributed by atoms with Crippen LogP contribution in [0.25, 0.3) is 0 Å². The van der Waals surface area contributed by atoms with Gasteiger partial charge in [-0.15, -0.1) is 0 Å².